The van der Waals surface area contributed by atoms with Crippen molar-refractivity contribution in [3.63, 3.8) is 0 Å². The third kappa shape index (κ3) is 7.23. The van der Waals surface area contributed by atoms with Crippen molar-refractivity contribution in [3.05, 3.63) is 83.4 Å². The molecule has 16 nitrogen and oxygen atoms in total. The molecule has 0 radical (unpaired) electrons. The molecule has 6 rings (SSSR count). The number of alkyl carbamates (subject to hydrolysis) is 1. The van der Waals surface area contributed by atoms with Crippen molar-refractivity contribution in [2.45, 2.75) is 119 Å². The molecule has 0 spiro atoms. The number of ketones is 1. The van der Waals surface area contributed by atoms with Crippen LogP contribution < -0.4 is 5.32 Å². The first kappa shape index (κ1) is 41.9. The van der Waals surface area contributed by atoms with E-state index < -0.39 is 126 Å². The van der Waals surface area contributed by atoms with E-state index in [1.165, 1.54) is 32.1 Å². The number of aliphatic hydroxyl groups is 5. The van der Waals surface area contributed by atoms with Crippen LogP contribution in [0.5, 0.6) is 0 Å². The Bertz CT molecular complexity index is 1930. The number of fused-ring (bicyclic) bond motifs is 5. The summed E-state index contributed by atoms with van der Waals surface area (Å²) in [5, 5.41) is 63.0. The van der Waals surface area contributed by atoms with Crippen molar-refractivity contribution < 1.29 is 73.2 Å². The second kappa shape index (κ2) is 14.9. The number of amides is 1. The maximum absolute atomic E-state index is 14.5. The molecule has 1 heterocycles. The topological polar surface area (TPSA) is 245 Å². The van der Waals surface area contributed by atoms with Gasteiger partial charge in [-0.2, -0.15) is 0 Å². The zero-order chi connectivity index (χ0) is 41.9. The lowest BCUT2D eigenvalue weighted by molar-refractivity contribution is -0.356. The van der Waals surface area contributed by atoms with Gasteiger partial charge in [-0.1, -0.05) is 62.4 Å². The summed E-state index contributed by atoms with van der Waals surface area (Å²) in [7, 11) is 0. The summed E-state index contributed by atoms with van der Waals surface area (Å²) in [5.41, 5.74) is -10.1. The average Bonchev–Trinajstić information content (AvgIpc) is 3.14. The summed E-state index contributed by atoms with van der Waals surface area (Å²) in [6.45, 7) is 8.39. The number of benzene rings is 2. The molecule has 0 aromatic heterocycles. The van der Waals surface area contributed by atoms with Gasteiger partial charge in [0.25, 0.3) is 0 Å². The van der Waals surface area contributed by atoms with Crippen LogP contribution in [0.2, 0.25) is 0 Å². The maximum Gasteiger partial charge on any atom is 0.408 e. The minimum atomic E-state index is -3.00. The highest BCUT2D eigenvalue weighted by atomic mass is 16.6. The number of rotatable bonds is 8. The van der Waals surface area contributed by atoms with Crippen LogP contribution in [0.4, 0.5) is 4.79 Å². The minimum absolute atomic E-state index is 0.00251. The largest absolute Gasteiger partial charge is 0.456 e. The van der Waals surface area contributed by atoms with Crippen LogP contribution in [-0.2, 0) is 38.1 Å². The molecule has 1 aliphatic heterocycles. The molecule has 4 aliphatic rings. The van der Waals surface area contributed by atoms with E-state index in [9.17, 15) is 49.5 Å². The molecule has 308 valence electrons. The van der Waals surface area contributed by atoms with Crippen LogP contribution in [-0.4, -0.2) is 121 Å². The number of Topliss-reactive ketones (excluding diaryl/α,β-unsaturated/α-hetero) is 1. The zero-order valence-corrected chi connectivity index (χ0v) is 32.4. The fourth-order valence-corrected chi connectivity index (χ4v) is 8.73. The van der Waals surface area contributed by atoms with Gasteiger partial charge in [-0.05, 0) is 50.1 Å². The Morgan fingerprint density at radius 3 is 2.12 bits per heavy atom. The van der Waals surface area contributed by atoms with Crippen molar-refractivity contribution in [3.8, 4) is 0 Å². The molecule has 2 aromatic carbocycles. The van der Waals surface area contributed by atoms with Crippen molar-refractivity contribution >= 4 is 29.8 Å². The molecular weight excluding hydrogens is 746 g/mol. The van der Waals surface area contributed by atoms with Gasteiger partial charge in [0.2, 0.25) is 0 Å². The molecule has 2 aromatic rings. The maximum atomic E-state index is 14.5. The number of esters is 3. The predicted octanol–water partition coefficient (Wildman–Crippen LogP) is 1.59. The molecule has 2 bridgehead atoms. The predicted molar refractivity (Wildman–Crippen MR) is 196 cm³/mol. The van der Waals surface area contributed by atoms with Gasteiger partial charge < -0.3 is 54.5 Å². The summed E-state index contributed by atoms with van der Waals surface area (Å²) in [6.07, 6.45) is -11.9. The first-order valence-corrected chi connectivity index (χ1v) is 18.6. The number of ether oxygens (including phenoxy) is 5. The lowest BCUT2D eigenvalue weighted by atomic mass is 9.48. The van der Waals surface area contributed by atoms with Gasteiger partial charge in [0.15, 0.2) is 23.1 Å². The smallest absolute Gasteiger partial charge is 0.408 e. The van der Waals surface area contributed by atoms with Crippen LogP contribution in [0.1, 0.15) is 76.3 Å². The first-order valence-electron chi connectivity index (χ1n) is 18.6. The molecule has 2 saturated carbocycles. The summed E-state index contributed by atoms with van der Waals surface area (Å²) in [4.78, 5) is 68.0. The van der Waals surface area contributed by atoms with Crippen molar-refractivity contribution in [2.24, 2.45) is 11.3 Å². The van der Waals surface area contributed by atoms with Crippen LogP contribution in [0.15, 0.2) is 72.3 Å². The highest BCUT2D eigenvalue weighted by Crippen LogP contribution is 2.61. The lowest BCUT2D eigenvalue weighted by Crippen LogP contribution is -2.84. The standard InChI is InChI=1S/C41H49NO15/c1-21(43)56-39-20-53-27(39)18-26(44)41(52)31(39)33(55-34(48)23-15-11-8-12-16-23)40(51)19-24(17-25(38(40,5)6)29(45)32(41)47)54-35(49)30(46)28(22-13-9-7-10-14-22)42-36(50)57-37(2,3)4/h7-17,24,26-31,33,44-46,51-52H,18-20H2,1-6H3,(H,42,50)/t24-,26+,27-,28+,29-,30-,31-,33+,39+,40-,41+/m1/s1. The molecule has 3 aliphatic carbocycles. The number of hydrogen-bond acceptors (Lipinski definition) is 15. The Morgan fingerprint density at radius 2 is 1.56 bits per heavy atom. The van der Waals surface area contributed by atoms with Gasteiger partial charge in [0.05, 0.1) is 30.2 Å². The van der Waals surface area contributed by atoms with E-state index in [0.29, 0.717) is 5.56 Å². The normalized spacial score (nSPS) is 33.9. The number of aliphatic hydroxyl groups excluding tert-OH is 3. The number of nitrogens with one attached hydrogen (secondary N) is 1. The molecule has 3 fully saturated rings. The summed E-state index contributed by atoms with van der Waals surface area (Å²) in [5.74, 6) is -6.54. The van der Waals surface area contributed by atoms with Gasteiger partial charge >= 0.3 is 24.0 Å². The molecule has 6 N–H and O–H groups in total. The van der Waals surface area contributed by atoms with E-state index in [-0.39, 0.29) is 11.1 Å². The van der Waals surface area contributed by atoms with Crippen LogP contribution in [0.25, 0.3) is 0 Å². The van der Waals surface area contributed by atoms with E-state index in [2.05, 4.69) is 5.32 Å². The molecule has 1 amide bonds. The summed E-state index contributed by atoms with van der Waals surface area (Å²) >= 11 is 0. The molecule has 1 saturated heterocycles. The van der Waals surface area contributed by atoms with E-state index in [4.69, 9.17) is 23.7 Å². The average molecular weight is 796 g/mol. The number of carbonyl (C=O) groups is 5. The van der Waals surface area contributed by atoms with E-state index >= 15 is 0 Å². The van der Waals surface area contributed by atoms with Gasteiger partial charge in [-0.25, -0.2) is 14.4 Å². The molecule has 57 heavy (non-hydrogen) atoms. The SMILES string of the molecule is CC(=O)O[C@@]12CO[C@@H]1C[C@H](O)[C@@]1(O)C(=O)[C@H](O)C3=C[C@@H](OC(=O)[C@H](O)[C@@H](NC(=O)OC(C)(C)C)c4ccccc4)C[C@@](O)([C@@H](OC(=O)c4ccccc4)[C@H]21)C3(C)C. The Morgan fingerprint density at radius 1 is 0.947 bits per heavy atom. The highest BCUT2D eigenvalue weighted by Gasteiger charge is 2.79. The van der Waals surface area contributed by atoms with Crippen molar-refractivity contribution in [2.75, 3.05) is 6.61 Å². The third-order valence-electron chi connectivity index (χ3n) is 11.6. The fraction of sp³-hybridized carbons (Fsp3) is 0.537. The Kier molecular flexibility index (Phi) is 11.0. The van der Waals surface area contributed by atoms with Gasteiger partial charge in [0.1, 0.15) is 35.6 Å². The Labute approximate surface area is 328 Å². The second-order valence-electron chi connectivity index (χ2n) is 16.7. The molecular formula is C41H49NO15. The monoisotopic (exact) mass is 795 g/mol. The Balaban J connectivity index is 1.46. The summed E-state index contributed by atoms with van der Waals surface area (Å²) in [6, 6.07) is 14.2. The van der Waals surface area contributed by atoms with Gasteiger partial charge in [-0.15, -0.1) is 0 Å². The molecule has 11 atom stereocenters. The zero-order valence-electron chi connectivity index (χ0n) is 32.4. The van der Waals surface area contributed by atoms with Crippen LogP contribution in [0.3, 0.4) is 0 Å². The van der Waals surface area contributed by atoms with Crippen LogP contribution in [0, 0.1) is 11.3 Å². The number of hydrogen-bond donors (Lipinski definition) is 6. The summed E-state index contributed by atoms with van der Waals surface area (Å²) < 4.78 is 28.8. The second-order valence-corrected chi connectivity index (χ2v) is 16.7. The van der Waals surface area contributed by atoms with Crippen LogP contribution >= 0.6 is 0 Å². The van der Waals surface area contributed by atoms with E-state index in [1.54, 1.807) is 69.3 Å². The van der Waals surface area contributed by atoms with E-state index in [0.717, 1.165) is 6.92 Å². The fourth-order valence-electron chi connectivity index (χ4n) is 8.73. The molecule has 0 unspecified atom stereocenters. The van der Waals surface area contributed by atoms with E-state index in [1.807, 2.05) is 0 Å². The van der Waals surface area contributed by atoms with Crippen molar-refractivity contribution in [1.29, 1.82) is 0 Å². The highest BCUT2D eigenvalue weighted by molar-refractivity contribution is 5.96. The van der Waals surface area contributed by atoms with Gasteiger partial charge in [-0.3, -0.25) is 9.59 Å². The van der Waals surface area contributed by atoms with Crippen molar-refractivity contribution in [1.82, 2.24) is 5.32 Å². The first-order chi connectivity index (χ1) is 26.6. The Hall–Kier alpha value is -4.71. The quantitative estimate of drug-likeness (QED) is 0.126. The number of carbonyl (C=O) groups excluding carboxylic acids is 5. The van der Waals surface area contributed by atoms with Gasteiger partial charge in [0, 0.05) is 25.2 Å². The molecule has 16 heteroatoms. The third-order valence-corrected chi connectivity index (χ3v) is 11.6. The lowest BCUT2D eigenvalue weighted by Gasteiger charge is -2.66. The minimum Gasteiger partial charge on any atom is -0.456 e.